The number of amides is 2. The minimum Gasteiger partial charge on any atom is -0.382 e. The zero-order chi connectivity index (χ0) is 21.1. The lowest BCUT2D eigenvalue weighted by atomic mass is 10.1. The lowest BCUT2D eigenvalue weighted by Crippen LogP contribution is -2.21. The van der Waals surface area contributed by atoms with Gasteiger partial charge in [0.2, 0.25) is 5.91 Å². The van der Waals surface area contributed by atoms with Gasteiger partial charge in [-0.1, -0.05) is 29.0 Å². The van der Waals surface area contributed by atoms with Crippen LogP contribution in [0.25, 0.3) is 0 Å². The van der Waals surface area contributed by atoms with Crippen molar-refractivity contribution in [1.82, 2.24) is 15.0 Å². The second kappa shape index (κ2) is 8.09. The van der Waals surface area contributed by atoms with Gasteiger partial charge in [-0.15, -0.1) is 5.10 Å². The van der Waals surface area contributed by atoms with Crippen molar-refractivity contribution < 1.29 is 14.0 Å². The first-order valence-corrected chi connectivity index (χ1v) is 8.88. The van der Waals surface area contributed by atoms with E-state index in [9.17, 15) is 14.0 Å². The van der Waals surface area contributed by atoms with Crippen molar-refractivity contribution in [3.63, 3.8) is 0 Å². The number of aryl methyl sites for hydroxylation is 3. The first kappa shape index (κ1) is 20.0. The highest BCUT2D eigenvalue weighted by Crippen LogP contribution is 2.18. The Morgan fingerprint density at radius 3 is 2.52 bits per heavy atom. The molecular weight excluding hydrogens is 375 g/mol. The van der Waals surface area contributed by atoms with Crippen LogP contribution in [-0.2, 0) is 11.3 Å². The summed E-state index contributed by atoms with van der Waals surface area (Å²) in [6.07, 6.45) is 0. The number of anilines is 3. The van der Waals surface area contributed by atoms with Gasteiger partial charge in [-0.2, -0.15) is 0 Å². The van der Waals surface area contributed by atoms with Gasteiger partial charge in [-0.25, -0.2) is 9.07 Å². The van der Waals surface area contributed by atoms with Gasteiger partial charge >= 0.3 is 0 Å². The van der Waals surface area contributed by atoms with E-state index in [4.69, 9.17) is 5.73 Å². The van der Waals surface area contributed by atoms with Crippen LogP contribution in [-0.4, -0.2) is 26.8 Å². The molecule has 0 aliphatic rings. The molecule has 3 aromatic rings. The zero-order valence-electron chi connectivity index (χ0n) is 16.3. The highest BCUT2D eigenvalue weighted by Gasteiger charge is 2.19. The summed E-state index contributed by atoms with van der Waals surface area (Å²) in [6, 6.07) is 9.97. The van der Waals surface area contributed by atoms with E-state index in [-0.39, 0.29) is 18.1 Å². The molecule has 1 aromatic heterocycles. The van der Waals surface area contributed by atoms with E-state index in [2.05, 4.69) is 20.9 Å². The molecule has 0 atom stereocenters. The Morgan fingerprint density at radius 2 is 1.83 bits per heavy atom. The highest BCUT2D eigenvalue weighted by atomic mass is 19.1. The molecule has 3 rings (SSSR count). The molecule has 150 valence electrons. The van der Waals surface area contributed by atoms with Crippen LogP contribution in [0.2, 0.25) is 0 Å². The Hall–Kier alpha value is -3.75. The number of nitrogens with one attached hydrogen (secondary N) is 2. The van der Waals surface area contributed by atoms with Gasteiger partial charge in [-0.05, 0) is 50.1 Å². The molecule has 8 nitrogen and oxygen atoms in total. The predicted molar refractivity (Wildman–Crippen MR) is 108 cm³/mol. The molecule has 0 saturated carbocycles. The van der Waals surface area contributed by atoms with Crippen molar-refractivity contribution in [2.75, 3.05) is 16.4 Å². The maximum Gasteiger partial charge on any atom is 0.280 e. The number of nitrogen functional groups attached to an aromatic ring is 1. The van der Waals surface area contributed by atoms with E-state index in [0.29, 0.717) is 16.9 Å². The number of aromatic nitrogens is 3. The van der Waals surface area contributed by atoms with Crippen molar-refractivity contribution in [1.29, 1.82) is 0 Å². The Labute approximate surface area is 166 Å². The van der Waals surface area contributed by atoms with Gasteiger partial charge in [0, 0.05) is 11.4 Å². The summed E-state index contributed by atoms with van der Waals surface area (Å²) in [5.41, 5.74) is 9.25. The lowest BCUT2D eigenvalue weighted by Gasteiger charge is -2.09. The minimum absolute atomic E-state index is 0.0440. The number of halogens is 1. The molecule has 9 heteroatoms. The molecule has 0 unspecified atom stereocenters. The summed E-state index contributed by atoms with van der Waals surface area (Å²) in [5, 5.41) is 12.8. The summed E-state index contributed by atoms with van der Waals surface area (Å²) in [4.78, 5) is 24.7. The molecule has 0 radical (unpaired) electrons. The third-order valence-corrected chi connectivity index (χ3v) is 4.37. The Balaban J connectivity index is 1.68. The van der Waals surface area contributed by atoms with Gasteiger partial charge in [-0.3, -0.25) is 9.59 Å². The van der Waals surface area contributed by atoms with E-state index < -0.39 is 17.6 Å². The number of hydrogen-bond acceptors (Lipinski definition) is 5. The zero-order valence-corrected chi connectivity index (χ0v) is 16.3. The first-order chi connectivity index (χ1) is 13.7. The second-order valence-corrected chi connectivity index (χ2v) is 6.77. The SMILES string of the molecule is Cc1ccc(NC(=O)c2nnn(CC(=O)Nc3ccc(C)c(F)c3)c2N)c(C)c1. The van der Waals surface area contributed by atoms with E-state index in [1.54, 1.807) is 25.1 Å². The van der Waals surface area contributed by atoms with Crippen molar-refractivity contribution in [3.05, 3.63) is 64.6 Å². The highest BCUT2D eigenvalue weighted by molar-refractivity contribution is 6.06. The molecule has 4 N–H and O–H groups in total. The molecule has 0 aliphatic heterocycles. The average Bonchev–Trinajstić information content (AvgIpc) is 3.01. The van der Waals surface area contributed by atoms with Crippen LogP contribution in [0.1, 0.15) is 27.2 Å². The Morgan fingerprint density at radius 1 is 1.07 bits per heavy atom. The number of hydrogen-bond donors (Lipinski definition) is 3. The first-order valence-electron chi connectivity index (χ1n) is 8.88. The molecule has 0 saturated heterocycles. The minimum atomic E-state index is -0.526. The van der Waals surface area contributed by atoms with Crippen LogP contribution in [0.15, 0.2) is 36.4 Å². The van der Waals surface area contributed by atoms with E-state index in [1.807, 2.05) is 26.0 Å². The fourth-order valence-electron chi connectivity index (χ4n) is 2.74. The third kappa shape index (κ3) is 4.57. The molecule has 0 fully saturated rings. The molecule has 29 heavy (non-hydrogen) atoms. The van der Waals surface area contributed by atoms with E-state index >= 15 is 0 Å². The molecule has 0 spiro atoms. The van der Waals surface area contributed by atoms with Crippen LogP contribution < -0.4 is 16.4 Å². The number of carbonyl (C=O) groups is 2. The van der Waals surface area contributed by atoms with Gasteiger partial charge in [0.1, 0.15) is 12.4 Å². The van der Waals surface area contributed by atoms with Crippen molar-refractivity contribution >= 4 is 29.0 Å². The van der Waals surface area contributed by atoms with Crippen LogP contribution in [0.4, 0.5) is 21.6 Å². The van der Waals surface area contributed by atoms with Crippen molar-refractivity contribution in [2.45, 2.75) is 27.3 Å². The Kier molecular flexibility index (Phi) is 5.58. The maximum atomic E-state index is 13.6. The standard InChI is InChI=1S/C20H21FN6O2/c1-11-4-7-16(13(3)8-11)24-20(29)18-19(22)27(26-25-18)10-17(28)23-14-6-5-12(2)15(21)9-14/h4-9H,10,22H2,1-3H3,(H,23,28)(H,24,29). The summed E-state index contributed by atoms with van der Waals surface area (Å²) in [6.45, 7) is 5.19. The molecular formula is C20H21FN6O2. The summed E-state index contributed by atoms with van der Waals surface area (Å²) < 4.78 is 14.7. The smallest absolute Gasteiger partial charge is 0.280 e. The third-order valence-electron chi connectivity index (χ3n) is 4.37. The molecule has 2 amide bonds. The monoisotopic (exact) mass is 396 g/mol. The van der Waals surface area contributed by atoms with E-state index in [0.717, 1.165) is 15.8 Å². The van der Waals surface area contributed by atoms with E-state index in [1.165, 1.54) is 6.07 Å². The topological polar surface area (TPSA) is 115 Å². The quantitative estimate of drug-likeness (QED) is 0.613. The second-order valence-electron chi connectivity index (χ2n) is 6.77. The van der Waals surface area contributed by atoms with Gasteiger partial charge < -0.3 is 16.4 Å². The number of benzene rings is 2. The number of carbonyl (C=O) groups excluding carboxylic acids is 2. The van der Waals surface area contributed by atoms with Crippen LogP contribution in [0.5, 0.6) is 0 Å². The summed E-state index contributed by atoms with van der Waals surface area (Å²) in [7, 11) is 0. The number of nitrogens with zero attached hydrogens (tertiary/aromatic N) is 3. The molecule has 1 heterocycles. The summed E-state index contributed by atoms with van der Waals surface area (Å²) >= 11 is 0. The van der Waals surface area contributed by atoms with Crippen molar-refractivity contribution in [2.24, 2.45) is 0 Å². The van der Waals surface area contributed by atoms with Crippen LogP contribution in [0.3, 0.4) is 0 Å². The van der Waals surface area contributed by atoms with Crippen LogP contribution in [0, 0.1) is 26.6 Å². The maximum absolute atomic E-state index is 13.6. The normalized spacial score (nSPS) is 10.6. The summed E-state index contributed by atoms with van der Waals surface area (Å²) in [5.74, 6) is -1.47. The lowest BCUT2D eigenvalue weighted by molar-refractivity contribution is -0.116. The molecule has 2 aromatic carbocycles. The van der Waals surface area contributed by atoms with Crippen molar-refractivity contribution in [3.8, 4) is 0 Å². The van der Waals surface area contributed by atoms with Gasteiger partial charge in [0.25, 0.3) is 5.91 Å². The van der Waals surface area contributed by atoms with Gasteiger partial charge in [0.05, 0.1) is 0 Å². The van der Waals surface area contributed by atoms with Crippen LogP contribution >= 0.6 is 0 Å². The molecule has 0 aliphatic carbocycles. The predicted octanol–water partition coefficient (Wildman–Crippen LogP) is 2.82. The Bertz CT molecular complexity index is 1090. The van der Waals surface area contributed by atoms with Gasteiger partial charge in [0.15, 0.2) is 11.5 Å². The largest absolute Gasteiger partial charge is 0.382 e. The average molecular weight is 396 g/mol. The number of nitrogens with two attached hydrogens (primary N) is 1. The fraction of sp³-hybridized carbons (Fsp3) is 0.200. The fourth-order valence-corrected chi connectivity index (χ4v) is 2.74. The number of rotatable bonds is 5. The molecule has 0 bridgehead atoms.